The van der Waals surface area contributed by atoms with E-state index in [-0.39, 0.29) is 17.5 Å². The number of amides is 1. The van der Waals surface area contributed by atoms with Crippen molar-refractivity contribution in [2.24, 2.45) is 0 Å². The Morgan fingerprint density at radius 2 is 2.20 bits per heavy atom. The minimum atomic E-state index is -0.283. The van der Waals surface area contributed by atoms with Crippen molar-refractivity contribution in [2.75, 3.05) is 13.1 Å². The maximum absolute atomic E-state index is 12.6. The summed E-state index contributed by atoms with van der Waals surface area (Å²) in [7, 11) is 0. The third-order valence-electron chi connectivity index (χ3n) is 4.26. The fraction of sp³-hybridized carbons (Fsp3) is 0.643. The number of carbonyl (C=O) groups excluding carboxylic acids is 1. The lowest BCUT2D eigenvalue weighted by Crippen LogP contribution is -2.52. The van der Waals surface area contributed by atoms with Crippen LogP contribution in [0.5, 0.6) is 0 Å². The Morgan fingerprint density at radius 3 is 2.90 bits per heavy atom. The molecule has 2 saturated heterocycles. The molecule has 6 nitrogen and oxygen atoms in total. The normalized spacial score (nSPS) is 26.7. The first-order valence-electron chi connectivity index (χ1n) is 7.35. The number of hydrogen-bond donors (Lipinski definition) is 2. The zero-order chi connectivity index (χ0) is 13.9. The predicted molar refractivity (Wildman–Crippen MR) is 74.6 cm³/mol. The van der Waals surface area contributed by atoms with Gasteiger partial charge >= 0.3 is 0 Å². The van der Waals surface area contributed by atoms with E-state index in [1.54, 1.807) is 0 Å². The van der Waals surface area contributed by atoms with Gasteiger partial charge in [-0.2, -0.15) is 0 Å². The van der Waals surface area contributed by atoms with Gasteiger partial charge in [-0.1, -0.05) is 0 Å². The van der Waals surface area contributed by atoms with Crippen LogP contribution >= 0.6 is 0 Å². The average molecular weight is 276 g/mol. The molecule has 6 heteroatoms. The first-order chi connectivity index (χ1) is 9.75. The zero-order valence-electron chi connectivity index (χ0n) is 11.5. The van der Waals surface area contributed by atoms with Crippen molar-refractivity contribution in [1.82, 2.24) is 20.2 Å². The molecule has 0 aromatic carbocycles. The highest BCUT2D eigenvalue weighted by molar-refractivity contribution is 5.92. The smallest absolute Gasteiger partial charge is 0.274 e. The molecule has 108 valence electrons. The molecule has 0 saturated carbocycles. The molecule has 0 spiro atoms. The van der Waals surface area contributed by atoms with Crippen LogP contribution < -0.4 is 10.9 Å². The van der Waals surface area contributed by atoms with Gasteiger partial charge in [-0.15, -0.1) is 0 Å². The highest BCUT2D eigenvalue weighted by Gasteiger charge is 2.34. The number of piperidine rings is 1. The van der Waals surface area contributed by atoms with Crippen LogP contribution in [0.4, 0.5) is 0 Å². The molecule has 3 heterocycles. The van der Waals surface area contributed by atoms with E-state index in [0.29, 0.717) is 11.7 Å². The van der Waals surface area contributed by atoms with Crippen LogP contribution in [0.25, 0.3) is 0 Å². The summed E-state index contributed by atoms with van der Waals surface area (Å²) in [5.74, 6) is -0.0698. The monoisotopic (exact) mass is 276 g/mol. The standard InChI is InChI=1S/C14H20N4O2/c19-13-9-16-11(8-17-13)14(20)18-7-2-1-5-12(18)10-4-3-6-15-10/h8-10,12,15H,1-7H2,(H,17,19). The second-order valence-electron chi connectivity index (χ2n) is 5.56. The summed E-state index contributed by atoms with van der Waals surface area (Å²) in [5, 5.41) is 3.50. The summed E-state index contributed by atoms with van der Waals surface area (Å²) in [6.45, 7) is 1.82. The van der Waals surface area contributed by atoms with Gasteiger partial charge in [0.05, 0.1) is 6.20 Å². The first kappa shape index (κ1) is 13.3. The van der Waals surface area contributed by atoms with E-state index in [0.717, 1.165) is 32.4 Å². The van der Waals surface area contributed by atoms with Crippen LogP contribution in [0.2, 0.25) is 0 Å². The van der Waals surface area contributed by atoms with E-state index >= 15 is 0 Å². The van der Waals surface area contributed by atoms with Crippen LogP contribution in [-0.4, -0.2) is 45.9 Å². The van der Waals surface area contributed by atoms with Crippen molar-refractivity contribution in [1.29, 1.82) is 0 Å². The van der Waals surface area contributed by atoms with Gasteiger partial charge in [-0.05, 0) is 38.6 Å². The number of likely N-dealkylation sites (tertiary alicyclic amines) is 1. The molecule has 2 fully saturated rings. The molecule has 3 rings (SSSR count). The van der Waals surface area contributed by atoms with Gasteiger partial charge in [0.15, 0.2) is 0 Å². The van der Waals surface area contributed by atoms with Crippen molar-refractivity contribution in [3.63, 3.8) is 0 Å². The summed E-state index contributed by atoms with van der Waals surface area (Å²) >= 11 is 0. The summed E-state index contributed by atoms with van der Waals surface area (Å²) in [6, 6.07) is 0.662. The molecule has 2 aliphatic rings. The van der Waals surface area contributed by atoms with Crippen LogP contribution in [-0.2, 0) is 0 Å². The third-order valence-corrected chi connectivity index (χ3v) is 4.26. The lowest BCUT2D eigenvalue weighted by atomic mass is 9.94. The van der Waals surface area contributed by atoms with E-state index in [4.69, 9.17) is 0 Å². The maximum Gasteiger partial charge on any atom is 0.274 e. The fourth-order valence-corrected chi connectivity index (χ4v) is 3.27. The summed E-state index contributed by atoms with van der Waals surface area (Å²) in [5.41, 5.74) is 0.0451. The van der Waals surface area contributed by atoms with Gasteiger partial charge in [0.2, 0.25) is 0 Å². The lowest BCUT2D eigenvalue weighted by molar-refractivity contribution is 0.0557. The largest absolute Gasteiger partial charge is 0.333 e. The van der Waals surface area contributed by atoms with Gasteiger partial charge in [0.25, 0.3) is 11.5 Å². The lowest BCUT2D eigenvalue weighted by Gasteiger charge is -2.39. The van der Waals surface area contributed by atoms with Crippen LogP contribution in [0, 0.1) is 0 Å². The highest BCUT2D eigenvalue weighted by Crippen LogP contribution is 2.25. The number of nitrogens with one attached hydrogen (secondary N) is 2. The Hall–Kier alpha value is -1.69. The van der Waals surface area contributed by atoms with E-state index in [9.17, 15) is 9.59 Å². The van der Waals surface area contributed by atoms with Gasteiger partial charge in [-0.3, -0.25) is 9.59 Å². The number of aromatic amines is 1. The van der Waals surface area contributed by atoms with E-state index in [1.165, 1.54) is 25.2 Å². The number of H-pyrrole nitrogens is 1. The number of rotatable bonds is 2. The first-order valence-corrected chi connectivity index (χ1v) is 7.35. The van der Waals surface area contributed by atoms with Gasteiger partial charge in [0, 0.05) is 24.8 Å². The van der Waals surface area contributed by atoms with Crippen LogP contribution in [0.3, 0.4) is 0 Å². The molecule has 2 N–H and O–H groups in total. The summed E-state index contributed by atoms with van der Waals surface area (Å²) in [4.78, 5) is 32.1. The van der Waals surface area contributed by atoms with E-state index in [2.05, 4.69) is 15.3 Å². The van der Waals surface area contributed by atoms with Crippen molar-refractivity contribution >= 4 is 5.91 Å². The molecule has 1 aromatic heterocycles. The van der Waals surface area contributed by atoms with Gasteiger partial charge < -0.3 is 15.2 Å². The average Bonchev–Trinajstić information content (AvgIpc) is 3.01. The SMILES string of the molecule is O=C(c1c[nH]c(=O)cn1)N1CCCCC1C1CCCN1. The summed E-state index contributed by atoms with van der Waals surface area (Å²) in [6.07, 6.45) is 8.16. The third kappa shape index (κ3) is 2.60. The number of hydrogen-bond acceptors (Lipinski definition) is 4. The number of nitrogens with zero attached hydrogens (tertiary/aromatic N) is 2. The molecular formula is C14H20N4O2. The predicted octanol–water partition coefficient (Wildman–Crippen LogP) is 0.517. The molecule has 2 atom stereocenters. The van der Waals surface area contributed by atoms with Gasteiger partial charge in [-0.25, -0.2) is 4.98 Å². The van der Waals surface area contributed by atoms with Crippen LogP contribution in [0.1, 0.15) is 42.6 Å². The van der Waals surface area contributed by atoms with Crippen LogP contribution in [0.15, 0.2) is 17.2 Å². The minimum absolute atomic E-state index is 0.0698. The van der Waals surface area contributed by atoms with Crippen molar-refractivity contribution in [2.45, 2.75) is 44.2 Å². The Labute approximate surface area is 117 Å². The summed E-state index contributed by atoms with van der Waals surface area (Å²) < 4.78 is 0. The van der Waals surface area contributed by atoms with Crippen molar-refractivity contribution in [3.05, 3.63) is 28.4 Å². The second kappa shape index (κ2) is 5.75. The number of aromatic nitrogens is 2. The molecular weight excluding hydrogens is 256 g/mol. The Morgan fingerprint density at radius 1 is 1.30 bits per heavy atom. The molecule has 0 aliphatic carbocycles. The molecule has 1 amide bonds. The molecule has 2 aliphatic heterocycles. The van der Waals surface area contributed by atoms with Crippen molar-refractivity contribution < 1.29 is 4.79 Å². The second-order valence-corrected chi connectivity index (χ2v) is 5.56. The van der Waals surface area contributed by atoms with E-state index < -0.39 is 0 Å². The minimum Gasteiger partial charge on any atom is -0.333 e. The van der Waals surface area contributed by atoms with Gasteiger partial charge in [0.1, 0.15) is 5.69 Å². The molecule has 20 heavy (non-hydrogen) atoms. The fourth-order valence-electron chi connectivity index (χ4n) is 3.27. The topological polar surface area (TPSA) is 78.1 Å². The molecule has 1 aromatic rings. The maximum atomic E-state index is 12.6. The molecule has 0 radical (unpaired) electrons. The quantitative estimate of drug-likeness (QED) is 0.825. The van der Waals surface area contributed by atoms with Crippen molar-refractivity contribution in [3.8, 4) is 0 Å². The Balaban J connectivity index is 1.79. The zero-order valence-corrected chi connectivity index (χ0v) is 11.5. The Bertz CT molecular complexity index is 516. The Kier molecular flexibility index (Phi) is 3.82. The number of carbonyl (C=O) groups is 1. The molecule has 0 bridgehead atoms. The molecule has 2 unspecified atom stereocenters. The van der Waals surface area contributed by atoms with E-state index in [1.807, 2.05) is 4.90 Å². The highest BCUT2D eigenvalue weighted by atomic mass is 16.2.